The fourth-order valence-corrected chi connectivity index (χ4v) is 3.14. The lowest BCUT2D eigenvalue weighted by Gasteiger charge is -2.39. The van der Waals surface area contributed by atoms with Gasteiger partial charge in [0.05, 0.1) is 17.2 Å². The van der Waals surface area contributed by atoms with Gasteiger partial charge in [-0.25, -0.2) is 0 Å². The van der Waals surface area contributed by atoms with E-state index in [4.69, 9.17) is 4.74 Å². The molecule has 0 bridgehead atoms. The summed E-state index contributed by atoms with van der Waals surface area (Å²) in [5.41, 5.74) is 2.10. The van der Waals surface area contributed by atoms with Gasteiger partial charge in [0.1, 0.15) is 0 Å². The first kappa shape index (κ1) is 15.9. The molecule has 2 rings (SSSR count). The van der Waals surface area contributed by atoms with Gasteiger partial charge < -0.3 is 10.1 Å². The number of pyridine rings is 1. The van der Waals surface area contributed by atoms with Crippen LogP contribution < -0.4 is 5.32 Å². The molecular formula is C18H26N2O. The maximum Gasteiger partial charge on any atom is 0.0867 e. The summed E-state index contributed by atoms with van der Waals surface area (Å²) in [6, 6.07) is 10.8. The van der Waals surface area contributed by atoms with Crippen molar-refractivity contribution in [2.24, 2.45) is 0 Å². The lowest BCUT2D eigenvalue weighted by atomic mass is 9.83. The first-order valence-corrected chi connectivity index (χ1v) is 7.84. The third-order valence-corrected chi connectivity index (χ3v) is 4.50. The smallest absolute Gasteiger partial charge is 0.0867 e. The van der Waals surface area contributed by atoms with Crippen LogP contribution in [-0.4, -0.2) is 24.2 Å². The molecule has 0 fully saturated rings. The van der Waals surface area contributed by atoms with Crippen LogP contribution in [0.25, 0.3) is 10.9 Å². The third kappa shape index (κ3) is 3.09. The molecule has 0 spiro atoms. The number of nitrogens with one attached hydrogen (secondary N) is 1. The summed E-state index contributed by atoms with van der Waals surface area (Å²) >= 11 is 0. The van der Waals surface area contributed by atoms with E-state index in [-0.39, 0.29) is 11.6 Å². The highest BCUT2D eigenvalue weighted by Crippen LogP contribution is 2.35. The highest BCUT2D eigenvalue weighted by atomic mass is 16.5. The third-order valence-electron chi connectivity index (χ3n) is 4.50. The molecule has 2 aromatic rings. The quantitative estimate of drug-likeness (QED) is 0.832. The van der Waals surface area contributed by atoms with Crippen molar-refractivity contribution in [3.63, 3.8) is 0 Å². The summed E-state index contributed by atoms with van der Waals surface area (Å²) in [5, 5.41) is 4.78. The Hall–Kier alpha value is -1.45. The predicted molar refractivity (Wildman–Crippen MR) is 88.5 cm³/mol. The zero-order valence-corrected chi connectivity index (χ0v) is 13.5. The second kappa shape index (κ2) is 7.01. The molecule has 0 aliphatic heterocycles. The molecule has 1 N–H and O–H groups in total. The van der Waals surface area contributed by atoms with Gasteiger partial charge in [0, 0.05) is 18.7 Å². The Kier molecular flexibility index (Phi) is 5.32. The summed E-state index contributed by atoms with van der Waals surface area (Å²) in [7, 11) is 1.82. The van der Waals surface area contributed by atoms with Crippen molar-refractivity contribution in [1.82, 2.24) is 10.3 Å². The minimum atomic E-state index is -0.182. The highest BCUT2D eigenvalue weighted by Gasteiger charge is 2.36. The molecule has 0 saturated heterocycles. The van der Waals surface area contributed by atoms with Gasteiger partial charge in [-0.15, -0.1) is 0 Å². The SMILES string of the molecule is CCNC(c1ccc2cccnc2c1)C(CC)(CC)OC. The van der Waals surface area contributed by atoms with Crippen LogP contribution >= 0.6 is 0 Å². The average Bonchev–Trinajstić information content (AvgIpc) is 2.55. The van der Waals surface area contributed by atoms with Crippen LogP contribution in [0.1, 0.15) is 45.2 Å². The van der Waals surface area contributed by atoms with E-state index in [0.29, 0.717) is 0 Å². The minimum absolute atomic E-state index is 0.175. The number of rotatable bonds is 7. The van der Waals surface area contributed by atoms with E-state index < -0.39 is 0 Å². The fraction of sp³-hybridized carbons (Fsp3) is 0.500. The zero-order valence-electron chi connectivity index (χ0n) is 13.5. The van der Waals surface area contributed by atoms with Crippen LogP contribution in [-0.2, 0) is 4.74 Å². The Labute approximate surface area is 127 Å². The topological polar surface area (TPSA) is 34.2 Å². The summed E-state index contributed by atoms with van der Waals surface area (Å²) in [5.74, 6) is 0. The molecule has 1 aromatic heterocycles. The average molecular weight is 286 g/mol. The maximum atomic E-state index is 5.93. The lowest BCUT2D eigenvalue weighted by molar-refractivity contribution is -0.0482. The van der Waals surface area contributed by atoms with E-state index in [9.17, 15) is 0 Å². The van der Waals surface area contributed by atoms with Crippen LogP contribution in [0.15, 0.2) is 36.5 Å². The number of ether oxygens (including phenoxy) is 1. The fourth-order valence-electron chi connectivity index (χ4n) is 3.14. The van der Waals surface area contributed by atoms with Gasteiger partial charge in [-0.2, -0.15) is 0 Å². The Morgan fingerprint density at radius 2 is 1.95 bits per heavy atom. The highest BCUT2D eigenvalue weighted by molar-refractivity contribution is 5.79. The van der Waals surface area contributed by atoms with Gasteiger partial charge in [-0.05, 0) is 37.1 Å². The number of hydrogen-bond acceptors (Lipinski definition) is 3. The summed E-state index contributed by atoms with van der Waals surface area (Å²) in [4.78, 5) is 4.48. The van der Waals surface area contributed by atoms with Gasteiger partial charge >= 0.3 is 0 Å². The number of benzene rings is 1. The second-order valence-corrected chi connectivity index (χ2v) is 5.42. The Bertz CT molecular complexity index is 570. The largest absolute Gasteiger partial charge is 0.376 e. The van der Waals surface area contributed by atoms with Crippen LogP contribution in [0, 0.1) is 0 Å². The Morgan fingerprint density at radius 3 is 2.57 bits per heavy atom. The van der Waals surface area contributed by atoms with E-state index >= 15 is 0 Å². The second-order valence-electron chi connectivity index (χ2n) is 5.42. The van der Waals surface area contributed by atoms with Crippen molar-refractivity contribution >= 4 is 10.9 Å². The van der Waals surface area contributed by atoms with Crippen molar-refractivity contribution in [2.45, 2.75) is 45.3 Å². The molecule has 1 atom stereocenters. The van der Waals surface area contributed by atoms with Crippen molar-refractivity contribution in [2.75, 3.05) is 13.7 Å². The molecule has 21 heavy (non-hydrogen) atoms. The normalized spacial score (nSPS) is 13.5. The number of fused-ring (bicyclic) bond motifs is 1. The molecule has 0 amide bonds. The number of likely N-dealkylation sites (N-methyl/N-ethyl adjacent to an activating group) is 1. The molecule has 0 aliphatic rings. The van der Waals surface area contributed by atoms with Gasteiger partial charge in [0.2, 0.25) is 0 Å². The summed E-state index contributed by atoms with van der Waals surface area (Å²) in [6.07, 6.45) is 3.79. The Morgan fingerprint density at radius 1 is 1.19 bits per heavy atom. The molecule has 1 aromatic carbocycles. The van der Waals surface area contributed by atoms with E-state index in [1.54, 1.807) is 0 Å². The molecular weight excluding hydrogens is 260 g/mol. The van der Waals surface area contributed by atoms with Gasteiger partial charge in [-0.3, -0.25) is 4.98 Å². The van der Waals surface area contributed by atoms with E-state index in [1.165, 1.54) is 10.9 Å². The van der Waals surface area contributed by atoms with Crippen LogP contribution in [0.2, 0.25) is 0 Å². The van der Waals surface area contributed by atoms with Crippen molar-refractivity contribution in [3.8, 4) is 0 Å². The van der Waals surface area contributed by atoms with Crippen LogP contribution in [0.4, 0.5) is 0 Å². The van der Waals surface area contributed by atoms with Crippen LogP contribution in [0.5, 0.6) is 0 Å². The lowest BCUT2D eigenvalue weighted by Crippen LogP contribution is -2.44. The van der Waals surface area contributed by atoms with Crippen molar-refractivity contribution in [3.05, 3.63) is 42.1 Å². The van der Waals surface area contributed by atoms with Gasteiger partial charge in [-0.1, -0.05) is 39.0 Å². The van der Waals surface area contributed by atoms with E-state index in [2.05, 4.69) is 55.3 Å². The Balaban J connectivity index is 2.48. The van der Waals surface area contributed by atoms with Gasteiger partial charge in [0.15, 0.2) is 0 Å². The molecule has 1 unspecified atom stereocenters. The number of hydrogen-bond donors (Lipinski definition) is 1. The standard InChI is InChI=1S/C18H26N2O/c1-5-18(6-2,21-4)17(19-7-3)15-11-10-14-9-8-12-20-16(14)13-15/h8-13,17,19H,5-7H2,1-4H3. The predicted octanol–water partition coefficient (Wildman–Crippen LogP) is 4.09. The molecule has 3 heteroatoms. The molecule has 0 radical (unpaired) electrons. The molecule has 3 nitrogen and oxygen atoms in total. The number of nitrogens with zero attached hydrogens (tertiary/aromatic N) is 1. The van der Waals surface area contributed by atoms with Gasteiger partial charge in [0.25, 0.3) is 0 Å². The molecule has 0 aliphatic carbocycles. The first-order valence-electron chi connectivity index (χ1n) is 7.84. The van der Waals surface area contributed by atoms with E-state index in [0.717, 1.165) is 24.9 Å². The zero-order chi connectivity index (χ0) is 15.3. The molecule has 1 heterocycles. The van der Waals surface area contributed by atoms with Crippen LogP contribution in [0.3, 0.4) is 0 Å². The van der Waals surface area contributed by atoms with Crippen molar-refractivity contribution < 1.29 is 4.74 Å². The van der Waals surface area contributed by atoms with Crippen molar-refractivity contribution in [1.29, 1.82) is 0 Å². The summed E-state index contributed by atoms with van der Waals surface area (Å²) < 4.78 is 5.93. The monoisotopic (exact) mass is 286 g/mol. The first-order chi connectivity index (χ1) is 10.2. The van der Waals surface area contributed by atoms with E-state index in [1.807, 2.05) is 19.4 Å². The maximum absolute atomic E-state index is 5.93. The number of aromatic nitrogens is 1. The molecule has 114 valence electrons. The minimum Gasteiger partial charge on any atom is -0.376 e. The summed E-state index contributed by atoms with van der Waals surface area (Å²) in [6.45, 7) is 7.43. The molecule has 0 saturated carbocycles. The number of methoxy groups -OCH3 is 1.